The number of fused-ring (bicyclic) bond motifs is 1. The molecule has 2 heterocycles. The van der Waals surface area contributed by atoms with E-state index < -0.39 is 0 Å². The summed E-state index contributed by atoms with van der Waals surface area (Å²) in [4.78, 5) is 14.8. The molecule has 4 nitrogen and oxygen atoms in total. The van der Waals surface area contributed by atoms with Gasteiger partial charge in [-0.05, 0) is 37.9 Å². The van der Waals surface area contributed by atoms with Gasteiger partial charge < -0.3 is 14.6 Å². The fourth-order valence-corrected chi connectivity index (χ4v) is 3.02. The van der Waals surface area contributed by atoms with E-state index in [1.54, 1.807) is 0 Å². The lowest BCUT2D eigenvalue weighted by Crippen LogP contribution is -2.48. The Balaban J connectivity index is 1.85. The number of benzene rings is 1. The molecular formula is C17H22N2O2. The van der Waals surface area contributed by atoms with Crippen LogP contribution in [0.2, 0.25) is 0 Å². The lowest BCUT2D eigenvalue weighted by Gasteiger charge is -2.34. The summed E-state index contributed by atoms with van der Waals surface area (Å²) >= 11 is 0. The number of piperidine rings is 1. The minimum Gasteiger partial charge on any atom is -0.451 e. The molecule has 2 aromatic rings. The Morgan fingerprint density at radius 3 is 3.00 bits per heavy atom. The first kappa shape index (κ1) is 14.1. The van der Waals surface area contributed by atoms with Gasteiger partial charge in [-0.2, -0.15) is 0 Å². The molecule has 1 atom stereocenters. The molecule has 1 aromatic carbocycles. The Kier molecular flexibility index (Phi) is 4.25. The Labute approximate surface area is 125 Å². The number of rotatable bonds is 4. The maximum atomic E-state index is 12.8. The number of hydrogen-bond acceptors (Lipinski definition) is 3. The molecule has 0 radical (unpaired) electrons. The normalized spacial score (nSPS) is 18.8. The van der Waals surface area contributed by atoms with Crippen molar-refractivity contribution in [1.29, 1.82) is 0 Å². The van der Waals surface area contributed by atoms with Crippen molar-refractivity contribution in [3.05, 3.63) is 36.1 Å². The summed E-state index contributed by atoms with van der Waals surface area (Å²) < 4.78 is 5.74. The summed E-state index contributed by atoms with van der Waals surface area (Å²) in [5, 5.41) is 4.37. The van der Waals surface area contributed by atoms with Crippen molar-refractivity contribution >= 4 is 16.9 Å². The molecule has 1 aliphatic rings. The standard InChI is InChI=1S/C17H22N2O2/c1-2-10-19(14-7-5-9-18-12-14)17(20)16-11-13-6-3-4-8-15(13)21-16/h3-4,6,8,11,14,18H,2,5,7,9-10,12H2,1H3. The summed E-state index contributed by atoms with van der Waals surface area (Å²) in [6.45, 7) is 4.82. The van der Waals surface area contributed by atoms with Crippen LogP contribution in [-0.2, 0) is 0 Å². The monoisotopic (exact) mass is 286 g/mol. The third kappa shape index (κ3) is 2.95. The molecule has 0 saturated carbocycles. The van der Waals surface area contributed by atoms with E-state index in [2.05, 4.69) is 12.2 Å². The molecule has 0 spiro atoms. The third-order valence-electron chi connectivity index (χ3n) is 4.07. The van der Waals surface area contributed by atoms with Crippen molar-refractivity contribution in [3.63, 3.8) is 0 Å². The van der Waals surface area contributed by atoms with Gasteiger partial charge in [0.25, 0.3) is 5.91 Å². The minimum atomic E-state index is 0.0155. The topological polar surface area (TPSA) is 45.5 Å². The number of carbonyl (C=O) groups is 1. The van der Waals surface area contributed by atoms with E-state index >= 15 is 0 Å². The van der Waals surface area contributed by atoms with Gasteiger partial charge in [-0.25, -0.2) is 0 Å². The van der Waals surface area contributed by atoms with Crippen LogP contribution >= 0.6 is 0 Å². The fraction of sp³-hybridized carbons (Fsp3) is 0.471. The molecule has 112 valence electrons. The van der Waals surface area contributed by atoms with E-state index in [4.69, 9.17) is 4.42 Å². The van der Waals surface area contributed by atoms with Crippen molar-refractivity contribution in [2.75, 3.05) is 19.6 Å². The predicted octanol–water partition coefficient (Wildman–Crippen LogP) is 3.04. The number of carbonyl (C=O) groups excluding carboxylic acids is 1. The SMILES string of the molecule is CCCN(C(=O)c1cc2ccccc2o1)C1CCCNC1. The first-order valence-electron chi connectivity index (χ1n) is 7.80. The Morgan fingerprint density at radius 1 is 1.43 bits per heavy atom. The number of hydrogen-bond donors (Lipinski definition) is 1. The van der Waals surface area contributed by atoms with E-state index in [0.29, 0.717) is 5.76 Å². The van der Waals surface area contributed by atoms with Crippen LogP contribution < -0.4 is 5.32 Å². The first-order valence-corrected chi connectivity index (χ1v) is 7.80. The summed E-state index contributed by atoms with van der Waals surface area (Å²) in [6, 6.07) is 9.90. The largest absolute Gasteiger partial charge is 0.451 e. The molecule has 1 amide bonds. The molecule has 1 aromatic heterocycles. The van der Waals surface area contributed by atoms with Gasteiger partial charge in [-0.15, -0.1) is 0 Å². The fourth-order valence-electron chi connectivity index (χ4n) is 3.02. The Hall–Kier alpha value is -1.81. The minimum absolute atomic E-state index is 0.0155. The molecule has 0 bridgehead atoms. The smallest absolute Gasteiger partial charge is 0.289 e. The van der Waals surface area contributed by atoms with E-state index in [9.17, 15) is 4.79 Å². The second-order valence-electron chi connectivity index (χ2n) is 5.65. The number of furan rings is 1. The molecular weight excluding hydrogens is 264 g/mol. The average molecular weight is 286 g/mol. The van der Waals surface area contributed by atoms with Crippen LogP contribution in [0.3, 0.4) is 0 Å². The second kappa shape index (κ2) is 6.31. The maximum Gasteiger partial charge on any atom is 0.289 e. The van der Waals surface area contributed by atoms with Crippen molar-refractivity contribution in [3.8, 4) is 0 Å². The van der Waals surface area contributed by atoms with Crippen LogP contribution in [0.25, 0.3) is 11.0 Å². The zero-order chi connectivity index (χ0) is 14.7. The van der Waals surface area contributed by atoms with Gasteiger partial charge in [0.15, 0.2) is 5.76 Å². The van der Waals surface area contributed by atoms with Crippen molar-refractivity contribution in [1.82, 2.24) is 10.2 Å². The van der Waals surface area contributed by atoms with Crippen LogP contribution in [0.15, 0.2) is 34.7 Å². The molecule has 3 rings (SSSR count). The summed E-state index contributed by atoms with van der Waals surface area (Å²) in [6.07, 6.45) is 3.15. The number of amides is 1. The zero-order valence-electron chi connectivity index (χ0n) is 12.5. The number of para-hydroxylation sites is 1. The van der Waals surface area contributed by atoms with Crippen LogP contribution in [-0.4, -0.2) is 36.5 Å². The van der Waals surface area contributed by atoms with Crippen LogP contribution in [0.5, 0.6) is 0 Å². The molecule has 1 aliphatic heterocycles. The highest BCUT2D eigenvalue weighted by Gasteiger charge is 2.27. The third-order valence-corrected chi connectivity index (χ3v) is 4.07. The zero-order valence-corrected chi connectivity index (χ0v) is 12.5. The van der Waals surface area contributed by atoms with Crippen LogP contribution in [0.4, 0.5) is 0 Å². The van der Waals surface area contributed by atoms with Gasteiger partial charge in [0.1, 0.15) is 5.58 Å². The van der Waals surface area contributed by atoms with Crippen molar-refractivity contribution in [2.24, 2.45) is 0 Å². The van der Waals surface area contributed by atoms with Gasteiger partial charge >= 0.3 is 0 Å². The quantitative estimate of drug-likeness (QED) is 0.939. The average Bonchev–Trinajstić information content (AvgIpc) is 2.97. The molecule has 1 saturated heterocycles. The van der Waals surface area contributed by atoms with Gasteiger partial charge in [0.2, 0.25) is 0 Å². The van der Waals surface area contributed by atoms with E-state index in [-0.39, 0.29) is 11.9 Å². The van der Waals surface area contributed by atoms with Crippen LogP contribution in [0.1, 0.15) is 36.7 Å². The van der Waals surface area contributed by atoms with Crippen molar-refractivity contribution in [2.45, 2.75) is 32.2 Å². The highest BCUT2D eigenvalue weighted by molar-refractivity contribution is 5.96. The Bertz CT molecular complexity index is 581. The number of nitrogens with one attached hydrogen (secondary N) is 1. The second-order valence-corrected chi connectivity index (χ2v) is 5.65. The molecule has 21 heavy (non-hydrogen) atoms. The van der Waals surface area contributed by atoms with Crippen molar-refractivity contribution < 1.29 is 9.21 Å². The summed E-state index contributed by atoms with van der Waals surface area (Å²) in [5.41, 5.74) is 0.777. The number of nitrogens with zero attached hydrogens (tertiary/aromatic N) is 1. The highest BCUT2D eigenvalue weighted by Crippen LogP contribution is 2.22. The predicted molar refractivity (Wildman–Crippen MR) is 83.4 cm³/mol. The van der Waals surface area contributed by atoms with Gasteiger partial charge in [0, 0.05) is 24.5 Å². The summed E-state index contributed by atoms with van der Waals surface area (Å²) in [7, 11) is 0. The lowest BCUT2D eigenvalue weighted by atomic mass is 10.1. The summed E-state index contributed by atoms with van der Waals surface area (Å²) in [5.74, 6) is 0.469. The molecule has 1 unspecified atom stereocenters. The van der Waals surface area contributed by atoms with Gasteiger partial charge in [0.05, 0.1) is 0 Å². The Morgan fingerprint density at radius 2 is 2.29 bits per heavy atom. The van der Waals surface area contributed by atoms with Crippen LogP contribution in [0, 0.1) is 0 Å². The maximum absolute atomic E-state index is 12.8. The first-order chi connectivity index (χ1) is 10.3. The lowest BCUT2D eigenvalue weighted by molar-refractivity contribution is 0.0619. The molecule has 4 heteroatoms. The molecule has 1 N–H and O–H groups in total. The van der Waals surface area contributed by atoms with E-state index in [1.807, 2.05) is 35.2 Å². The van der Waals surface area contributed by atoms with E-state index in [1.165, 1.54) is 0 Å². The molecule has 1 fully saturated rings. The van der Waals surface area contributed by atoms with Gasteiger partial charge in [-0.3, -0.25) is 4.79 Å². The molecule has 0 aliphatic carbocycles. The van der Waals surface area contributed by atoms with E-state index in [0.717, 1.165) is 49.9 Å². The highest BCUT2D eigenvalue weighted by atomic mass is 16.3. The van der Waals surface area contributed by atoms with Gasteiger partial charge in [-0.1, -0.05) is 25.1 Å².